The van der Waals surface area contributed by atoms with E-state index in [9.17, 15) is 0 Å². The summed E-state index contributed by atoms with van der Waals surface area (Å²) in [5, 5.41) is 0. The predicted molar refractivity (Wildman–Crippen MR) is 92.8 cm³/mol. The topological polar surface area (TPSA) is 34.6 Å². The van der Waals surface area contributed by atoms with Crippen LogP contribution in [0.3, 0.4) is 0 Å². The molecule has 0 bridgehead atoms. The van der Waals surface area contributed by atoms with Gasteiger partial charge in [-0.1, -0.05) is 18.2 Å². The van der Waals surface area contributed by atoms with Crippen LogP contribution >= 0.6 is 0 Å². The maximum atomic E-state index is 5.90. The molecule has 126 valence electrons. The number of nitrogens with zero attached hydrogens (tertiary/aromatic N) is 2. The van der Waals surface area contributed by atoms with Gasteiger partial charge in [0.25, 0.3) is 0 Å². The Labute approximate surface area is 143 Å². The summed E-state index contributed by atoms with van der Waals surface area (Å²) in [6, 6.07) is 15.0. The van der Waals surface area contributed by atoms with Crippen molar-refractivity contribution in [2.75, 3.05) is 13.2 Å². The summed E-state index contributed by atoms with van der Waals surface area (Å²) in [6.45, 7) is 3.42. The summed E-state index contributed by atoms with van der Waals surface area (Å²) in [5.41, 5.74) is 2.29. The number of ether oxygens (including phenoxy) is 2. The maximum absolute atomic E-state index is 5.90. The molecule has 2 heterocycles. The van der Waals surface area contributed by atoms with Crippen LogP contribution in [0.15, 0.2) is 48.7 Å². The number of fused-ring (bicyclic) bond motifs is 1. The van der Waals surface area contributed by atoms with Gasteiger partial charge >= 0.3 is 0 Å². The van der Waals surface area contributed by atoms with Crippen molar-refractivity contribution in [2.45, 2.75) is 44.6 Å². The minimum Gasteiger partial charge on any atom is -0.487 e. The number of rotatable bonds is 5. The molecule has 1 aromatic heterocycles. The second kappa shape index (κ2) is 7.32. The molecule has 0 amide bonds. The monoisotopic (exact) mass is 324 g/mol. The minimum absolute atomic E-state index is 0.458. The van der Waals surface area contributed by atoms with Gasteiger partial charge in [0.05, 0.1) is 18.4 Å². The summed E-state index contributed by atoms with van der Waals surface area (Å²) >= 11 is 0. The molecule has 0 unspecified atom stereocenters. The lowest BCUT2D eigenvalue weighted by Gasteiger charge is -2.37. The van der Waals surface area contributed by atoms with E-state index in [0.717, 1.165) is 31.1 Å². The van der Waals surface area contributed by atoms with Crippen LogP contribution in [0.4, 0.5) is 0 Å². The van der Waals surface area contributed by atoms with E-state index in [0.29, 0.717) is 18.8 Å². The molecule has 4 heteroatoms. The Morgan fingerprint density at radius 2 is 2.04 bits per heavy atom. The molecule has 0 spiro atoms. The maximum Gasteiger partial charge on any atom is 0.130 e. The van der Waals surface area contributed by atoms with Crippen molar-refractivity contribution in [1.29, 1.82) is 0 Å². The first kappa shape index (κ1) is 15.6. The number of aromatic nitrogens is 1. The highest BCUT2D eigenvalue weighted by Gasteiger charge is 2.35. The average Bonchev–Trinajstić information content (AvgIpc) is 3.12. The molecular weight excluding hydrogens is 300 g/mol. The Kier molecular flexibility index (Phi) is 4.76. The lowest BCUT2D eigenvalue weighted by Crippen LogP contribution is -2.47. The summed E-state index contributed by atoms with van der Waals surface area (Å²) in [5.74, 6) is 0.894. The molecule has 2 aromatic rings. The van der Waals surface area contributed by atoms with Crippen LogP contribution in [0, 0.1) is 0 Å². The van der Waals surface area contributed by atoms with E-state index < -0.39 is 0 Å². The van der Waals surface area contributed by atoms with Gasteiger partial charge in [0.15, 0.2) is 0 Å². The van der Waals surface area contributed by atoms with Crippen molar-refractivity contribution in [2.24, 2.45) is 0 Å². The highest BCUT2D eigenvalue weighted by atomic mass is 16.5. The Morgan fingerprint density at radius 3 is 2.88 bits per heavy atom. The fourth-order valence-electron chi connectivity index (χ4n) is 3.77. The van der Waals surface area contributed by atoms with E-state index in [1.807, 2.05) is 18.2 Å². The first-order valence-electron chi connectivity index (χ1n) is 8.86. The van der Waals surface area contributed by atoms with E-state index in [1.54, 1.807) is 6.20 Å². The first-order chi connectivity index (χ1) is 11.9. The largest absolute Gasteiger partial charge is 0.487 e. The molecule has 1 saturated heterocycles. The van der Waals surface area contributed by atoms with Crippen LogP contribution in [0.2, 0.25) is 0 Å². The van der Waals surface area contributed by atoms with Crippen molar-refractivity contribution in [3.63, 3.8) is 0 Å². The standard InChI is InChI=1S/C20H24N2O2/c1-2-11-21-17(4-1)15-24-18-9-7-16(8-10-18)14-22-12-13-23-20-6-3-5-19(20)22/h1-2,4,7-11,19-20H,3,5-6,12-15H2/t19-,20-/m1/s1. The van der Waals surface area contributed by atoms with Gasteiger partial charge < -0.3 is 9.47 Å². The van der Waals surface area contributed by atoms with Gasteiger partial charge in [-0.05, 0) is 49.1 Å². The minimum atomic E-state index is 0.458. The zero-order valence-corrected chi connectivity index (χ0v) is 13.9. The van der Waals surface area contributed by atoms with Gasteiger partial charge in [0.2, 0.25) is 0 Å². The lowest BCUT2D eigenvalue weighted by atomic mass is 10.1. The number of benzene rings is 1. The van der Waals surface area contributed by atoms with Gasteiger partial charge in [0, 0.05) is 25.3 Å². The van der Waals surface area contributed by atoms with Crippen LogP contribution in [-0.2, 0) is 17.9 Å². The second-order valence-corrected chi connectivity index (χ2v) is 6.63. The van der Waals surface area contributed by atoms with Gasteiger partial charge in [-0.15, -0.1) is 0 Å². The lowest BCUT2D eigenvalue weighted by molar-refractivity contribution is -0.0588. The predicted octanol–water partition coefficient (Wildman–Crippen LogP) is 3.41. The fourth-order valence-corrected chi connectivity index (χ4v) is 3.77. The molecule has 4 nitrogen and oxygen atoms in total. The van der Waals surface area contributed by atoms with Crippen LogP contribution in [0.1, 0.15) is 30.5 Å². The Balaban J connectivity index is 1.34. The van der Waals surface area contributed by atoms with Crippen molar-refractivity contribution in [3.8, 4) is 5.75 Å². The van der Waals surface area contributed by atoms with Gasteiger partial charge in [-0.25, -0.2) is 0 Å². The zero-order chi connectivity index (χ0) is 16.2. The van der Waals surface area contributed by atoms with Crippen molar-refractivity contribution >= 4 is 0 Å². The van der Waals surface area contributed by atoms with Crippen LogP contribution in [-0.4, -0.2) is 35.2 Å². The van der Waals surface area contributed by atoms with Crippen molar-refractivity contribution in [3.05, 3.63) is 59.9 Å². The van der Waals surface area contributed by atoms with Crippen LogP contribution in [0.5, 0.6) is 5.75 Å². The molecule has 2 aliphatic rings. The Morgan fingerprint density at radius 1 is 1.12 bits per heavy atom. The highest BCUT2D eigenvalue weighted by Crippen LogP contribution is 2.30. The molecule has 24 heavy (non-hydrogen) atoms. The summed E-state index contributed by atoms with van der Waals surface area (Å²) in [4.78, 5) is 6.86. The average molecular weight is 324 g/mol. The smallest absolute Gasteiger partial charge is 0.130 e. The van der Waals surface area contributed by atoms with Gasteiger partial charge in [-0.3, -0.25) is 9.88 Å². The van der Waals surface area contributed by atoms with Gasteiger partial charge in [0.1, 0.15) is 12.4 Å². The number of hydrogen-bond donors (Lipinski definition) is 0. The van der Waals surface area contributed by atoms with E-state index in [-0.39, 0.29) is 0 Å². The molecule has 0 radical (unpaired) electrons. The van der Waals surface area contributed by atoms with E-state index in [4.69, 9.17) is 9.47 Å². The van der Waals surface area contributed by atoms with Crippen molar-refractivity contribution in [1.82, 2.24) is 9.88 Å². The number of pyridine rings is 1. The van der Waals surface area contributed by atoms with E-state index >= 15 is 0 Å². The van der Waals surface area contributed by atoms with E-state index in [1.165, 1.54) is 24.8 Å². The normalized spacial score (nSPS) is 23.8. The number of hydrogen-bond acceptors (Lipinski definition) is 4. The fraction of sp³-hybridized carbons (Fsp3) is 0.450. The molecular formula is C20H24N2O2. The molecule has 2 atom stereocenters. The van der Waals surface area contributed by atoms with E-state index in [2.05, 4.69) is 34.1 Å². The second-order valence-electron chi connectivity index (χ2n) is 6.63. The quantitative estimate of drug-likeness (QED) is 0.844. The molecule has 1 aromatic carbocycles. The molecule has 2 fully saturated rings. The van der Waals surface area contributed by atoms with Crippen LogP contribution < -0.4 is 4.74 Å². The third kappa shape index (κ3) is 3.60. The third-order valence-corrected chi connectivity index (χ3v) is 5.02. The first-order valence-corrected chi connectivity index (χ1v) is 8.86. The molecule has 1 saturated carbocycles. The Bertz CT molecular complexity index is 644. The summed E-state index contributed by atoms with van der Waals surface area (Å²) < 4.78 is 11.7. The third-order valence-electron chi connectivity index (χ3n) is 5.02. The molecule has 0 N–H and O–H groups in total. The SMILES string of the molecule is c1ccc(COc2ccc(CN3CCO[C@@H]4CCC[C@H]43)cc2)nc1. The van der Waals surface area contributed by atoms with Crippen LogP contribution in [0.25, 0.3) is 0 Å². The van der Waals surface area contributed by atoms with Gasteiger partial charge in [-0.2, -0.15) is 0 Å². The molecule has 1 aliphatic carbocycles. The molecule has 1 aliphatic heterocycles. The summed E-state index contributed by atoms with van der Waals surface area (Å²) in [6.07, 6.45) is 6.05. The zero-order valence-electron chi connectivity index (χ0n) is 13.9. The summed E-state index contributed by atoms with van der Waals surface area (Å²) in [7, 11) is 0. The van der Waals surface area contributed by atoms with Crippen molar-refractivity contribution < 1.29 is 9.47 Å². The Hall–Kier alpha value is -1.91. The number of morpholine rings is 1. The molecule has 4 rings (SSSR count). The highest BCUT2D eigenvalue weighted by molar-refractivity contribution is 5.27.